The number of rotatable bonds is 24. The summed E-state index contributed by atoms with van der Waals surface area (Å²) in [7, 11) is 0. The molecule has 3 aliphatic heterocycles. The number of fused-ring (bicyclic) bond motifs is 3. The van der Waals surface area contributed by atoms with E-state index in [2.05, 4.69) is 18.0 Å². The van der Waals surface area contributed by atoms with E-state index in [1.165, 1.54) is 0 Å². The minimum absolute atomic E-state index is 0.0310. The molecule has 0 radical (unpaired) electrons. The van der Waals surface area contributed by atoms with Crippen LogP contribution in [-0.2, 0) is 43.5 Å². The third-order valence-corrected chi connectivity index (χ3v) is 14.5. The Morgan fingerprint density at radius 1 is 0.851 bits per heavy atom. The molecule has 9 rings (SSSR count). The first-order chi connectivity index (χ1) is 36.4. The van der Waals surface area contributed by atoms with Gasteiger partial charge in [0.15, 0.2) is 11.5 Å². The van der Waals surface area contributed by atoms with Crippen LogP contribution in [0.15, 0.2) is 127 Å². The number of amides is 2. The zero-order valence-electron chi connectivity index (χ0n) is 42.0. The maximum atomic E-state index is 15.2. The number of carbonyl (C=O) groups excluding carboxylic acids is 2. The van der Waals surface area contributed by atoms with Crippen LogP contribution in [0.2, 0.25) is 0 Å². The van der Waals surface area contributed by atoms with Crippen LogP contribution in [0.4, 0.5) is 9.59 Å². The van der Waals surface area contributed by atoms with Crippen LogP contribution in [0, 0.1) is 17.8 Å². The van der Waals surface area contributed by atoms with E-state index in [4.69, 9.17) is 47.9 Å². The molecular weight excluding hydrogens is 947 g/mol. The van der Waals surface area contributed by atoms with E-state index in [9.17, 15) is 15.0 Å². The zero-order chi connectivity index (χ0) is 51.1. The van der Waals surface area contributed by atoms with E-state index in [1.54, 1.807) is 17.0 Å². The fourth-order valence-electron chi connectivity index (χ4n) is 11.1. The Morgan fingerprint density at radius 3 is 2.39 bits per heavy atom. The summed E-state index contributed by atoms with van der Waals surface area (Å²) in [5.41, 5.74) is 4.91. The minimum Gasteiger partial charge on any atom is -0.459 e. The molecule has 7 atom stereocenters. The summed E-state index contributed by atoms with van der Waals surface area (Å²) in [6.07, 6.45) is 8.96. The highest BCUT2D eigenvalue weighted by atomic mass is 16.8. The molecule has 3 heterocycles. The standard InChI is InChI=1S/C58H69N3O13/c1-2-28-71-58-52(61(37-42-22-24-50-51(32-42)70-39-69-50)57(65)68-31-30-66-38-41-17-7-4-8-18-41)35-48(60-74-53-21-11-14-29-67-53)46-33-43(19-9-12-26-62)45(20-10-13-27-63)54(55(46)58)47-34-44(23-25-49(47)73-58)72-56(64)59-36-40-15-5-3-6-16-40/h2-8,15-18,22-25,32-34,43,45,52-55,62-63H,1,9-14,19-21,26-31,35-39H2,(H,59,64)/t43-,45+,52-,53?,54+,55+,58+/m0/s1. The SMILES string of the molecule is C=CCO[C@@]12Oc3ccc(OC(=O)NCc4ccccc4)cc3[C@H]3[C@H](CCCCO)[C@@H](CCCCO)C=C(C(=NOC4CCCCO4)C[C@@H]1N(Cc1ccc4c(c1)OCO4)C(=O)OCCOCc1ccccc1)[C@H]32. The second-order valence-corrected chi connectivity index (χ2v) is 19.4. The summed E-state index contributed by atoms with van der Waals surface area (Å²) in [5, 5.41) is 28.0. The lowest BCUT2D eigenvalue weighted by atomic mass is 9.55. The Hall–Kier alpha value is -6.43. The summed E-state index contributed by atoms with van der Waals surface area (Å²) in [4.78, 5) is 36.7. The average molecular weight is 1020 g/mol. The monoisotopic (exact) mass is 1020 g/mol. The number of carbonyl (C=O) groups is 2. The molecule has 1 unspecified atom stereocenters. The van der Waals surface area contributed by atoms with Gasteiger partial charge in [-0.1, -0.05) is 96.9 Å². The van der Waals surface area contributed by atoms with Gasteiger partial charge in [-0.25, -0.2) is 9.59 Å². The van der Waals surface area contributed by atoms with Gasteiger partial charge in [-0.05, 0) is 103 Å². The maximum absolute atomic E-state index is 15.2. The molecule has 394 valence electrons. The number of nitrogens with one attached hydrogen (secondary N) is 1. The van der Waals surface area contributed by atoms with Gasteiger partial charge in [-0.3, -0.25) is 4.90 Å². The number of unbranched alkanes of at least 4 members (excludes halogenated alkanes) is 2. The number of hydrogen-bond acceptors (Lipinski definition) is 14. The number of nitrogens with zero attached hydrogens (tertiary/aromatic N) is 2. The number of allylic oxidation sites excluding steroid dienone is 1. The molecule has 5 aliphatic rings. The molecule has 2 fully saturated rings. The van der Waals surface area contributed by atoms with E-state index in [0.29, 0.717) is 67.6 Å². The number of hydrogen-bond donors (Lipinski definition) is 3. The van der Waals surface area contributed by atoms with Crippen LogP contribution in [0.5, 0.6) is 23.0 Å². The molecule has 4 aromatic carbocycles. The molecule has 0 bridgehead atoms. The van der Waals surface area contributed by atoms with Crippen molar-refractivity contribution >= 4 is 17.9 Å². The first-order valence-electron chi connectivity index (χ1n) is 26.2. The maximum Gasteiger partial charge on any atom is 0.412 e. The molecule has 0 spiro atoms. The van der Waals surface area contributed by atoms with Gasteiger partial charge < -0.3 is 58.3 Å². The first kappa shape index (κ1) is 52.4. The topological polar surface area (TPSA) is 185 Å². The van der Waals surface area contributed by atoms with Gasteiger partial charge in [-0.2, -0.15) is 0 Å². The van der Waals surface area contributed by atoms with Crippen molar-refractivity contribution in [3.8, 4) is 23.0 Å². The highest BCUT2D eigenvalue weighted by Crippen LogP contribution is 2.62. The fourth-order valence-corrected chi connectivity index (χ4v) is 11.1. The van der Waals surface area contributed by atoms with Gasteiger partial charge in [-0.15, -0.1) is 6.58 Å². The van der Waals surface area contributed by atoms with E-state index in [-0.39, 0.29) is 77.1 Å². The largest absolute Gasteiger partial charge is 0.459 e. The number of benzene rings is 4. The van der Waals surface area contributed by atoms with Gasteiger partial charge in [0.1, 0.15) is 24.1 Å². The molecule has 3 N–H and O–H groups in total. The average Bonchev–Trinajstić information content (AvgIpc) is 3.92. The number of aliphatic hydroxyl groups is 2. The Labute approximate surface area is 433 Å². The van der Waals surface area contributed by atoms with Crippen molar-refractivity contribution in [3.05, 3.63) is 144 Å². The molecule has 16 nitrogen and oxygen atoms in total. The molecule has 16 heteroatoms. The van der Waals surface area contributed by atoms with Gasteiger partial charge in [0, 0.05) is 50.6 Å². The minimum atomic E-state index is -1.60. The molecule has 2 amide bonds. The third-order valence-electron chi connectivity index (χ3n) is 14.5. The number of oxime groups is 1. The van der Waals surface area contributed by atoms with Crippen molar-refractivity contribution in [2.45, 2.75) is 108 Å². The van der Waals surface area contributed by atoms with Crippen LogP contribution in [0.25, 0.3) is 0 Å². The van der Waals surface area contributed by atoms with Gasteiger partial charge in [0.05, 0.1) is 38.1 Å². The van der Waals surface area contributed by atoms with Crippen LogP contribution in [0.3, 0.4) is 0 Å². The lowest BCUT2D eigenvalue weighted by Gasteiger charge is -2.59. The van der Waals surface area contributed by atoms with Crippen molar-refractivity contribution in [3.63, 3.8) is 0 Å². The summed E-state index contributed by atoms with van der Waals surface area (Å²) in [6.45, 7) is 5.64. The molecule has 1 saturated carbocycles. The summed E-state index contributed by atoms with van der Waals surface area (Å²) in [5.74, 6) is -0.758. The van der Waals surface area contributed by atoms with Gasteiger partial charge >= 0.3 is 12.2 Å². The predicted molar refractivity (Wildman–Crippen MR) is 274 cm³/mol. The Balaban J connectivity index is 1.16. The summed E-state index contributed by atoms with van der Waals surface area (Å²) < 4.78 is 50.4. The third kappa shape index (κ3) is 12.6. The quantitative estimate of drug-likeness (QED) is 0.0343. The second kappa shape index (κ2) is 25.7. The van der Waals surface area contributed by atoms with E-state index in [0.717, 1.165) is 59.9 Å². The van der Waals surface area contributed by atoms with Crippen LogP contribution in [0.1, 0.15) is 92.4 Å². The lowest BCUT2D eigenvalue weighted by molar-refractivity contribution is -0.256. The number of aliphatic hydroxyl groups excluding tert-OH is 2. The summed E-state index contributed by atoms with van der Waals surface area (Å²) >= 11 is 0. The first-order valence-corrected chi connectivity index (χ1v) is 26.2. The van der Waals surface area contributed by atoms with Crippen molar-refractivity contribution < 1.29 is 62.5 Å². The molecule has 2 aliphatic carbocycles. The molecular formula is C58H69N3O13. The predicted octanol–water partition coefficient (Wildman–Crippen LogP) is 9.72. The highest BCUT2D eigenvalue weighted by Gasteiger charge is 2.66. The lowest BCUT2D eigenvalue weighted by Crippen LogP contribution is -2.70. The van der Waals surface area contributed by atoms with Crippen LogP contribution >= 0.6 is 0 Å². The van der Waals surface area contributed by atoms with Crippen LogP contribution < -0.4 is 24.3 Å². The molecule has 1 saturated heterocycles. The van der Waals surface area contributed by atoms with E-state index in [1.807, 2.05) is 91.0 Å². The zero-order valence-corrected chi connectivity index (χ0v) is 42.0. The molecule has 0 aromatic heterocycles. The highest BCUT2D eigenvalue weighted by molar-refractivity contribution is 6.03. The Morgan fingerprint density at radius 2 is 1.62 bits per heavy atom. The molecule has 74 heavy (non-hydrogen) atoms. The van der Waals surface area contributed by atoms with Crippen LogP contribution in [-0.4, -0.2) is 97.6 Å². The van der Waals surface area contributed by atoms with E-state index < -0.39 is 36.2 Å². The summed E-state index contributed by atoms with van der Waals surface area (Å²) in [6, 6.07) is 29.5. The van der Waals surface area contributed by atoms with Gasteiger partial charge in [0.25, 0.3) is 0 Å². The number of ether oxygens (including phenoxy) is 8. The van der Waals surface area contributed by atoms with E-state index >= 15 is 4.79 Å². The molecule has 4 aromatic rings. The Kier molecular flexibility index (Phi) is 18.2. The second-order valence-electron chi connectivity index (χ2n) is 19.4. The van der Waals surface area contributed by atoms with Gasteiger partial charge in [0.2, 0.25) is 18.9 Å². The Bertz CT molecular complexity index is 2550. The normalized spacial score (nSPS) is 23.9. The van der Waals surface area contributed by atoms with Crippen molar-refractivity contribution in [1.82, 2.24) is 10.2 Å². The van der Waals surface area contributed by atoms with Crippen molar-refractivity contribution in [1.29, 1.82) is 0 Å². The smallest absolute Gasteiger partial charge is 0.412 e. The van der Waals surface area contributed by atoms with Crippen molar-refractivity contribution in [2.75, 3.05) is 46.4 Å². The fraction of sp³-hybridized carbons (Fsp3) is 0.466. The van der Waals surface area contributed by atoms with Crippen molar-refractivity contribution in [2.24, 2.45) is 22.9 Å².